The average molecular weight is 436 g/mol. The number of nitrogens with zero attached hydrogens (tertiary/aromatic N) is 2. The topological polar surface area (TPSA) is 71.5 Å². The minimum atomic E-state index is -0.124. The molecule has 0 radical (unpaired) electrons. The van der Waals surface area contributed by atoms with E-state index in [-0.39, 0.29) is 17.7 Å². The monoisotopic (exact) mass is 435 g/mol. The van der Waals surface area contributed by atoms with Crippen LogP contribution in [0, 0.1) is 5.92 Å². The molecule has 3 aromatic rings. The van der Waals surface area contributed by atoms with Crippen LogP contribution in [0.5, 0.6) is 11.5 Å². The SMILES string of the molecule is O=C(Nc1ccc(Oc2ccccc2Cl)cc1)C1CCN(C(=O)c2ccncc2)CC1. The van der Waals surface area contributed by atoms with Crippen molar-refractivity contribution < 1.29 is 14.3 Å². The van der Waals surface area contributed by atoms with Crippen LogP contribution in [0.2, 0.25) is 5.02 Å². The Morgan fingerprint density at radius 1 is 0.968 bits per heavy atom. The summed E-state index contributed by atoms with van der Waals surface area (Å²) in [7, 11) is 0. The second-order valence-corrected chi connectivity index (χ2v) is 7.76. The summed E-state index contributed by atoms with van der Waals surface area (Å²) >= 11 is 6.12. The number of rotatable bonds is 5. The molecule has 0 bridgehead atoms. The van der Waals surface area contributed by atoms with Crippen molar-refractivity contribution in [2.45, 2.75) is 12.8 Å². The van der Waals surface area contributed by atoms with Gasteiger partial charge < -0.3 is 15.0 Å². The summed E-state index contributed by atoms with van der Waals surface area (Å²) < 4.78 is 5.77. The number of hydrogen-bond acceptors (Lipinski definition) is 4. The van der Waals surface area contributed by atoms with Gasteiger partial charge in [0.25, 0.3) is 5.91 Å². The number of anilines is 1. The largest absolute Gasteiger partial charge is 0.456 e. The molecule has 158 valence electrons. The van der Waals surface area contributed by atoms with Crippen LogP contribution in [0.3, 0.4) is 0 Å². The van der Waals surface area contributed by atoms with E-state index in [1.807, 2.05) is 12.1 Å². The van der Waals surface area contributed by atoms with Crippen LogP contribution in [0.4, 0.5) is 5.69 Å². The molecule has 6 nitrogen and oxygen atoms in total. The van der Waals surface area contributed by atoms with Gasteiger partial charge in [-0.3, -0.25) is 14.6 Å². The van der Waals surface area contributed by atoms with Gasteiger partial charge in [0, 0.05) is 42.7 Å². The Balaban J connectivity index is 1.29. The van der Waals surface area contributed by atoms with E-state index in [1.165, 1.54) is 0 Å². The molecule has 0 atom stereocenters. The lowest BCUT2D eigenvalue weighted by Crippen LogP contribution is -2.41. The minimum absolute atomic E-state index is 0.0182. The third-order valence-electron chi connectivity index (χ3n) is 5.27. The van der Waals surface area contributed by atoms with Gasteiger partial charge in [-0.25, -0.2) is 0 Å². The first-order valence-electron chi connectivity index (χ1n) is 10.1. The lowest BCUT2D eigenvalue weighted by Gasteiger charge is -2.31. The van der Waals surface area contributed by atoms with Crippen molar-refractivity contribution in [3.8, 4) is 11.5 Å². The normalized spacial score (nSPS) is 14.2. The highest BCUT2D eigenvalue weighted by Crippen LogP contribution is 2.29. The molecule has 7 heteroatoms. The van der Waals surface area contributed by atoms with Crippen molar-refractivity contribution in [1.29, 1.82) is 0 Å². The summed E-state index contributed by atoms with van der Waals surface area (Å²) in [6.45, 7) is 1.12. The highest BCUT2D eigenvalue weighted by Gasteiger charge is 2.27. The number of para-hydroxylation sites is 1. The first kappa shape index (κ1) is 20.9. The molecule has 1 fully saturated rings. The molecule has 1 aliphatic rings. The summed E-state index contributed by atoms with van der Waals surface area (Å²) in [5, 5.41) is 3.49. The molecule has 1 aromatic heterocycles. The molecule has 1 N–H and O–H groups in total. The van der Waals surface area contributed by atoms with Gasteiger partial charge in [-0.1, -0.05) is 23.7 Å². The summed E-state index contributed by atoms with van der Waals surface area (Å²) in [6, 6.07) is 17.8. The molecule has 0 saturated carbocycles. The van der Waals surface area contributed by atoms with Gasteiger partial charge in [0.1, 0.15) is 11.5 Å². The summed E-state index contributed by atoms with van der Waals surface area (Å²) in [5.41, 5.74) is 1.32. The molecule has 2 aromatic carbocycles. The van der Waals surface area contributed by atoms with Gasteiger partial charge >= 0.3 is 0 Å². The van der Waals surface area contributed by atoms with E-state index in [2.05, 4.69) is 10.3 Å². The van der Waals surface area contributed by atoms with E-state index in [9.17, 15) is 9.59 Å². The quantitative estimate of drug-likeness (QED) is 0.610. The number of halogens is 1. The maximum atomic E-state index is 12.7. The Hall–Kier alpha value is -3.38. The smallest absolute Gasteiger partial charge is 0.253 e. The molecule has 0 unspecified atom stereocenters. The van der Waals surface area contributed by atoms with E-state index >= 15 is 0 Å². The third kappa shape index (κ3) is 5.22. The van der Waals surface area contributed by atoms with Crippen LogP contribution in [-0.4, -0.2) is 34.8 Å². The van der Waals surface area contributed by atoms with Crippen molar-refractivity contribution in [3.63, 3.8) is 0 Å². The summed E-state index contributed by atoms with van der Waals surface area (Å²) in [4.78, 5) is 30.9. The summed E-state index contributed by atoms with van der Waals surface area (Å²) in [6.07, 6.45) is 4.49. The van der Waals surface area contributed by atoms with Crippen LogP contribution < -0.4 is 10.1 Å². The highest BCUT2D eigenvalue weighted by molar-refractivity contribution is 6.32. The number of likely N-dealkylation sites (tertiary alicyclic amines) is 1. The molecule has 1 saturated heterocycles. The number of carbonyl (C=O) groups is 2. The fourth-order valence-electron chi connectivity index (χ4n) is 3.53. The Kier molecular flexibility index (Phi) is 6.48. The molecule has 2 amide bonds. The van der Waals surface area contributed by atoms with E-state index in [0.717, 1.165) is 0 Å². The van der Waals surface area contributed by atoms with Crippen LogP contribution >= 0.6 is 11.6 Å². The third-order valence-corrected chi connectivity index (χ3v) is 5.58. The number of benzene rings is 2. The predicted molar refractivity (Wildman–Crippen MR) is 119 cm³/mol. The maximum absolute atomic E-state index is 12.7. The average Bonchev–Trinajstić information content (AvgIpc) is 2.82. The molecule has 2 heterocycles. The van der Waals surface area contributed by atoms with Gasteiger partial charge in [-0.05, 0) is 61.4 Å². The van der Waals surface area contributed by atoms with Crippen LogP contribution in [0.1, 0.15) is 23.2 Å². The minimum Gasteiger partial charge on any atom is -0.456 e. The zero-order valence-corrected chi connectivity index (χ0v) is 17.6. The first-order valence-corrected chi connectivity index (χ1v) is 10.5. The standard InChI is InChI=1S/C24H22ClN3O3/c25-21-3-1-2-4-22(21)31-20-7-5-19(6-8-20)27-23(29)17-11-15-28(16-12-17)24(30)18-9-13-26-14-10-18/h1-10,13-14,17H,11-12,15-16H2,(H,27,29). The van der Waals surface area contributed by atoms with Crippen molar-refractivity contribution >= 4 is 29.1 Å². The molecular formula is C24H22ClN3O3. The Morgan fingerprint density at radius 3 is 2.32 bits per heavy atom. The van der Waals surface area contributed by atoms with Crippen molar-refractivity contribution in [3.05, 3.63) is 83.6 Å². The number of amides is 2. The Morgan fingerprint density at radius 2 is 1.65 bits per heavy atom. The number of nitrogens with one attached hydrogen (secondary N) is 1. The van der Waals surface area contributed by atoms with Gasteiger partial charge in [0.15, 0.2) is 0 Å². The van der Waals surface area contributed by atoms with Crippen molar-refractivity contribution in [2.24, 2.45) is 5.92 Å². The van der Waals surface area contributed by atoms with E-state index in [4.69, 9.17) is 16.3 Å². The molecular weight excluding hydrogens is 414 g/mol. The Bertz CT molecular complexity index is 1050. The highest BCUT2D eigenvalue weighted by atomic mass is 35.5. The molecule has 31 heavy (non-hydrogen) atoms. The summed E-state index contributed by atoms with van der Waals surface area (Å²) in [5.74, 6) is 1.04. The number of ether oxygens (including phenoxy) is 1. The number of aromatic nitrogens is 1. The second kappa shape index (κ2) is 9.62. The van der Waals surface area contributed by atoms with E-state index < -0.39 is 0 Å². The molecule has 1 aliphatic heterocycles. The van der Waals surface area contributed by atoms with Crippen molar-refractivity contribution in [1.82, 2.24) is 9.88 Å². The van der Waals surface area contributed by atoms with E-state index in [0.29, 0.717) is 53.7 Å². The van der Waals surface area contributed by atoms with Gasteiger partial charge in [0.05, 0.1) is 5.02 Å². The van der Waals surface area contributed by atoms with Gasteiger partial charge in [-0.15, -0.1) is 0 Å². The maximum Gasteiger partial charge on any atom is 0.253 e. The van der Waals surface area contributed by atoms with Gasteiger partial charge in [0.2, 0.25) is 5.91 Å². The predicted octanol–water partition coefficient (Wildman–Crippen LogP) is 5.02. The number of pyridine rings is 1. The Labute approximate surface area is 185 Å². The van der Waals surface area contributed by atoms with Crippen LogP contribution in [-0.2, 0) is 4.79 Å². The fourth-order valence-corrected chi connectivity index (χ4v) is 3.70. The molecule has 0 aliphatic carbocycles. The number of hydrogen-bond donors (Lipinski definition) is 1. The van der Waals surface area contributed by atoms with Crippen molar-refractivity contribution in [2.75, 3.05) is 18.4 Å². The lowest BCUT2D eigenvalue weighted by molar-refractivity contribution is -0.121. The molecule has 0 spiro atoms. The zero-order valence-electron chi connectivity index (χ0n) is 16.8. The first-order chi connectivity index (χ1) is 15.1. The van der Waals surface area contributed by atoms with Crippen LogP contribution in [0.25, 0.3) is 0 Å². The lowest BCUT2D eigenvalue weighted by atomic mass is 9.95. The number of carbonyl (C=O) groups excluding carboxylic acids is 2. The zero-order chi connectivity index (χ0) is 21.6. The fraction of sp³-hybridized carbons (Fsp3) is 0.208. The van der Waals surface area contributed by atoms with E-state index in [1.54, 1.807) is 65.8 Å². The number of piperidine rings is 1. The molecule has 4 rings (SSSR count). The van der Waals surface area contributed by atoms with Crippen LogP contribution in [0.15, 0.2) is 73.1 Å². The second-order valence-electron chi connectivity index (χ2n) is 7.35. The van der Waals surface area contributed by atoms with Gasteiger partial charge in [-0.2, -0.15) is 0 Å².